The van der Waals surface area contributed by atoms with Crippen LogP contribution in [-0.4, -0.2) is 86.9 Å². The molecule has 1 aliphatic heterocycles. The van der Waals surface area contributed by atoms with Gasteiger partial charge in [-0.2, -0.15) is 0 Å². The van der Waals surface area contributed by atoms with E-state index in [0.717, 1.165) is 0 Å². The molecule has 14 nitrogen and oxygen atoms in total. The van der Waals surface area contributed by atoms with Crippen molar-refractivity contribution in [1.82, 2.24) is 25.5 Å². The van der Waals surface area contributed by atoms with Gasteiger partial charge in [-0.3, -0.25) is 19.4 Å². The molecule has 2 rings (SSSR count). The van der Waals surface area contributed by atoms with Gasteiger partial charge in [-0.1, -0.05) is 13.8 Å². The summed E-state index contributed by atoms with van der Waals surface area (Å²) in [4.78, 5) is 62.8. The molecule has 0 saturated carbocycles. The monoisotopic (exact) mass is 507 g/mol. The van der Waals surface area contributed by atoms with Crippen LogP contribution in [0.25, 0.3) is 0 Å². The average molecular weight is 508 g/mol. The van der Waals surface area contributed by atoms with E-state index in [1.807, 2.05) is 0 Å². The first-order valence-electron chi connectivity index (χ1n) is 11.9. The van der Waals surface area contributed by atoms with Gasteiger partial charge in [0.15, 0.2) is 5.96 Å². The summed E-state index contributed by atoms with van der Waals surface area (Å²) < 4.78 is 0. The van der Waals surface area contributed by atoms with Crippen LogP contribution < -0.4 is 27.8 Å². The lowest BCUT2D eigenvalue weighted by atomic mass is 10.0. The summed E-state index contributed by atoms with van der Waals surface area (Å²) >= 11 is 0. The Morgan fingerprint density at radius 3 is 2.58 bits per heavy atom. The van der Waals surface area contributed by atoms with E-state index in [0.29, 0.717) is 44.5 Å². The molecule has 1 aliphatic rings. The van der Waals surface area contributed by atoms with Gasteiger partial charge in [-0.25, -0.2) is 9.78 Å². The van der Waals surface area contributed by atoms with E-state index in [2.05, 4.69) is 25.6 Å². The van der Waals surface area contributed by atoms with Gasteiger partial charge >= 0.3 is 5.97 Å². The summed E-state index contributed by atoms with van der Waals surface area (Å²) in [6.07, 6.45) is 4.88. The second-order valence-electron chi connectivity index (χ2n) is 9.16. The number of hydrogen-bond acceptors (Lipinski definition) is 7. The molecule has 14 heteroatoms. The van der Waals surface area contributed by atoms with Gasteiger partial charge in [0.05, 0.1) is 12.4 Å². The van der Waals surface area contributed by atoms with Crippen LogP contribution >= 0.6 is 0 Å². The molecule has 10 N–H and O–H groups in total. The number of aliphatic imine (C=N–C) groups is 1. The van der Waals surface area contributed by atoms with Crippen LogP contribution in [-0.2, 0) is 25.6 Å². The fraction of sp³-hybridized carbons (Fsp3) is 0.636. The van der Waals surface area contributed by atoms with E-state index in [-0.39, 0.29) is 24.2 Å². The number of nitrogens with one attached hydrogen (secondary N) is 3. The zero-order valence-electron chi connectivity index (χ0n) is 20.6. The van der Waals surface area contributed by atoms with Crippen molar-refractivity contribution < 1.29 is 24.3 Å². The molecule has 36 heavy (non-hydrogen) atoms. The van der Waals surface area contributed by atoms with E-state index in [9.17, 15) is 24.3 Å². The Kier molecular flexibility index (Phi) is 10.6. The van der Waals surface area contributed by atoms with Crippen molar-refractivity contribution in [3.63, 3.8) is 0 Å². The van der Waals surface area contributed by atoms with Gasteiger partial charge in [-0.15, -0.1) is 0 Å². The number of nitrogens with zero attached hydrogens (tertiary/aromatic N) is 3. The maximum Gasteiger partial charge on any atom is 0.326 e. The maximum atomic E-state index is 13.2. The molecule has 200 valence electrons. The summed E-state index contributed by atoms with van der Waals surface area (Å²) in [6.45, 7) is 4.05. The van der Waals surface area contributed by atoms with Crippen LogP contribution in [0.2, 0.25) is 0 Å². The van der Waals surface area contributed by atoms with Gasteiger partial charge in [-0.05, 0) is 31.6 Å². The van der Waals surface area contributed by atoms with Crippen LogP contribution in [0.5, 0.6) is 0 Å². The number of H-pyrrole nitrogens is 1. The second-order valence-corrected chi connectivity index (χ2v) is 9.16. The lowest BCUT2D eigenvalue weighted by Crippen LogP contribution is -2.57. The number of nitrogens with two attached hydrogens (primary N) is 3. The fourth-order valence-electron chi connectivity index (χ4n) is 4.02. The van der Waals surface area contributed by atoms with Crippen molar-refractivity contribution in [2.75, 3.05) is 13.1 Å². The van der Waals surface area contributed by atoms with E-state index < -0.39 is 42.0 Å². The molecular weight excluding hydrogens is 470 g/mol. The van der Waals surface area contributed by atoms with E-state index in [4.69, 9.17) is 17.2 Å². The standard InChI is InChI=1S/C22H37N9O5/c1-12(2)17(21(35)36)30-18(32)15(9-13-10-26-11-28-13)29-19(33)16-6-4-8-31(16)20(34)14(23)5-3-7-27-22(24)25/h10-12,14-17H,3-9,23H2,1-2H3,(H,26,28)(H,29,33)(H,30,32)(H,35,36)(H4,24,25,27). The minimum atomic E-state index is -1.17. The van der Waals surface area contributed by atoms with Crippen LogP contribution in [0.15, 0.2) is 17.5 Å². The van der Waals surface area contributed by atoms with E-state index >= 15 is 0 Å². The maximum absolute atomic E-state index is 13.2. The molecule has 1 saturated heterocycles. The number of carbonyl (C=O) groups excluding carboxylic acids is 3. The first kappa shape index (κ1) is 28.6. The number of guanidine groups is 1. The Morgan fingerprint density at radius 2 is 2.00 bits per heavy atom. The van der Waals surface area contributed by atoms with Crippen LogP contribution in [0.3, 0.4) is 0 Å². The Morgan fingerprint density at radius 1 is 1.28 bits per heavy atom. The molecular formula is C22H37N9O5. The van der Waals surface area contributed by atoms with Crippen LogP contribution in [0.4, 0.5) is 0 Å². The van der Waals surface area contributed by atoms with Crippen molar-refractivity contribution in [2.24, 2.45) is 28.1 Å². The molecule has 2 heterocycles. The van der Waals surface area contributed by atoms with Gasteiger partial charge in [0.2, 0.25) is 17.7 Å². The highest BCUT2D eigenvalue weighted by Crippen LogP contribution is 2.19. The summed E-state index contributed by atoms with van der Waals surface area (Å²) in [7, 11) is 0. The molecule has 0 aliphatic carbocycles. The van der Waals surface area contributed by atoms with E-state index in [1.165, 1.54) is 17.4 Å². The second kappa shape index (κ2) is 13.4. The minimum Gasteiger partial charge on any atom is -0.480 e. The number of amides is 3. The fourth-order valence-corrected chi connectivity index (χ4v) is 4.02. The largest absolute Gasteiger partial charge is 0.480 e. The molecule has 4 unspecified atom stereocenters. The number of rotatable bonds is 13. The molecule has 1 aromatic heterocycles. The van der Waals surface area contributed by atoms with Crippen molar-refractivity contribution in [1.29, 1.82) is 0 Å². The number of likely N-dealkylation sites (tertiary alicyclic amines) is 1. The lowest BCUT2D eigenvalue weighted by Gasteiger charge is -2.29. The summed E-state index contributed by atoms with van der Waals surface area (Å²) in [5.41, 5.74) is 17.2. The number of aliphatic carboxylic acids is 1. The third kappa shape index (κ3) is 8.22. The summed E-state index contributed by atoms with van der Waals surface area (Å²) in [5.74, 6) is -3.10. The number of hydrogen-bond donors (Lipinski definition) is 7. The van der Waals surface area contributed by atoms with Gasteiger partial charge in [0.1, 0.15) is 18.1 Å². The number of aromatic nitrogens is 2. The molecule has 1 fully saturated rings. The van der Waals surface area contributed by atoms with Crippen molar-refractivity contribution in [2.45, 2.75) is 70.1 Å². The highest BCUT2D eigenvalue weighted by atomic mass is 16.4. The number of carboxylic acids is 1. The Hall–Kier alpha value is -3.68. The average Bonchev–Trinajstić information content (AvgIpc) is 3.50. The molecule has 0 radical (unpaired) electrons. The van der Waals surface area contributed by atoms with E-state index in [1.54, 1.807) is 13.8 Å². The first-order chi connectivity index (χ1) is 17.0. The third-order valence-electron chi connectivity index (χ3n) is 5.97. The Labute approximate surface area is 209 Å². The highest BCUT2D eigenvalue weighted by molar-refractivity contribution is 5.94. The Bertz CT molecular complexity index is 930. The first-order valence-corrected chi connectivity index (χ1v) is 11.9. The number of carbonyl (C=O) groups is 4. The number of imidazole rings is 1. The van der Waals surface area contributed by atoms with Gasteiger partial charge in [0, 0.05) is 31.4 Å². The molecule has 0 spiro atoms. The number of aromatic amines is 1. The predicted molar refractivity (Wildman–Crippen MR) is 131 cm³/mol. The minimum absolute atomic E-state index is 0.0389. The quantitative estimate of drug-likeness (QED) is 0.0889. The highest BCUT2D eigenvalue weighted by Gasteiger charge is 2.38. The smallest absolute Gasteiger partial charge is 0.326 e. The normalized spacial score (nSPS) is 17.8. The topological polar surface area (TPSA) is 235 Å². The van der Waals surface area contributed by atoms with Crippen LogP contribution in [0, 0.1) is 5.92 Å². The van der Waals surface area contributed by atoms with Crippen LogP contribution in [0.1, 0.15) is 45.2 Å². The van der Waals surface area contributed by atoms with Crippen molar-refractivity contribution in [3.8, 4) is 0 Å². The predicted octanol–water partition coefficient (Wildman–Crippen LogP) is -1.97. The zero-order chi connectivity index (χ0) is 26.8. The lowest BCUT2D eigenvalue weighted by molar-refractivity contribution is -0.144. The van der Waals surface area contributed by atoms with Gasteiger partial charge < -0.3 is 42.8 Å². The van der Waals surface area contributed by atoms with Crippen molar-refractivity contribution >= 4 is 29.7 Å². The Balaban J connectivity index is 2.09. The molecule has 0 bridgehead atoms. The molecule has 3 amide bonds. The summed E-state index contributed by atoms with van der Waals surface area (Å²) in [5, 5.41) is 14.6. The van der Waals surface area contributed by atoms with Gasteiger partial charge in [0.25, 0.3) is 0 Å². The zero-order valence-corrected chi connectivity index (χ0v) is 20.6. The molecule has 0 aromatic carbocycles. The third-order valence-corrected chi connectivity index (χ3v) is 5.97. The number of carboxylic acid groups (broad SMARTS) is 1. The van der Waals surface area contributed by atoms with Crippen molar-refractivity contribution in [3.05, 3.63) is 18.2 Å². The SMILES string of the molecule is CC(C)C(NC(=O)C(Cc1cnc[nH]1)NC(=O)C1CCCN1C(=O)C(N)CCCN=C(N)N)C(=O)O. The molecule has 1 aromatic rings. The molecule has 4 atom stereocenters. The summed E-state index contributed by atoms with van der Waals surface area (Å²) in [6, 6.07) is -3.82.